The average molecular weight is 552 g/mol. The Hall–Kier alpha value is -4.43. The van der Waals surface area contributed by atoms with E-state index >= 15 is 0 Å². The van der Waals surface area contributed by atoms with Crippen molar-refractivity contribution in [3.05, 3.63) is 89.5 Å². The van der Waals surface area contributed by atoms with Gasteiger partial charge in [-0.2, -0.15) is 0 Å². The van der Waals surface area contributed by atoms with Crippen molar-refractivity contribution in [1.82, 2.24) is 15.6 Å². The maximum absolute atomic E-state index is 13.9. The number of aromatic amines is 1. The highest BCUT2D eigenvalue weighted by atomic mass is 16.2. The number of para-hydroxylation sites is 1. The highest BCUT2D eigenvalue weighted by molar-refractivity contribution is 6.02. The molecular formula is C33H37N5O3. The molecule has 8 heteroatoms. The third-order valence-electron chi connectivity index (χ3n) is 7.33. The first kappa shape index (κ1) is 28.1. The summed E-state index contributed by atoms with van der Waals surface area (Å²) in [5, 5.41) is 6.80. The molecule has 5 N–H and O–H groups in total. The number of nitrogens with zero attached hydrogens (tertiary/aromatic N) is 1. The van der Waals surface area contributed by atoms with E-state index in [0.29, 0.717) is 31.5 Å². The number of hydrogen-bond donors (Lipinski definition) is 4. The van der Waals surface area contributed by atoms with Crippen LogP contribution in [0.3, 0.4) is 0 Å². The molecule has 0 aliphatic carbocycles. The molecular weight excluding hydrogens is 514 g/mol. The van der Waals surface area contributed by atoms with Crippen LogP contribution in [0.5, 0.6) is 0 Å². The zero-order chi connectivity index (χ0) is 29.1. The number of hydrogen-bond acceptors (Lipinski definition) is 4. The standard InChI is InChI=1S/C33H37N5O3/c1-4-35-31(40)25-11-7-6-10-24(25)28-18-23-17-21(13-15-26(23)36-28)20-38-29-12-8-5-9-22(29)14-16-27(32(38)41)37-30(39)19-33(2,3)34/h5-13,15,17-18,27,36H,4,14,16,19-20,34H2,1-3H3,(H,35,40)(H,37,39)/t27-/m1/s1. The van der Waals surface area contributed by atoms with Gasteiger partial charge in [0.05, 0.1) is 6.54 Å². The Morgan fingerprint density at radius 1 is 1.05 bits per heavy atom. The number of H-pyrrole nitrogens is 1. The van der Waals surface area contributed by atoms with Crippen molar-refractivity contribution in [3.63, 3.8) is 0 Å². The van der Waals surface area contributed by atoms with Gasteiger partial charge in [0.1, 0.15) is 6.04 Å². The van der Waals surface area contributed by atoms with Gasteiger partial charge < -0.3 is 26.3 Å². The Balaban J connectivity index is 1.44. The normalized spacial score (nSPS) is 15.4. The van der Waals surface area contributed by atoms with Crippen LogP contribution in [0.1, 0.15) is 55.1 Å². The largest absolute Gasteiger partial charge is 0.355 e. The van der Waals surface area contributed by atoms with Crippen molar-refractivity contribution < 1.29 is 14.4 Å². The number of amides is 3. The third-order valence-corrected chi connectivity index (χ3v) is 7.33. The number of rotatable bonds is 8. The molecule has 8 nitrogen and oxygen atoms in total. The van der Waals surface area contributed by atoms with E-state index in [1.807, 2.05) is 73.7 Å². The first-order chi connectivity index (χ1) is 19.6. The highest BCUT2D eigenvalue weighted by Gasteiger charge is 2.32. The van der Waals surface area contributed by atoms with Crippen molar-refractivity contribution in [2.24, 2.45) is 5.73 Å². The topological polar surface area (TPSA) is 120 Å². The number of anilines is 1. The number of nitrogens with two attached hydrogens (primary N) is 1. The lowest BCUT2D eigenvalue weighted by Gasteiger charge is -2.27. The minimum atomic E-state index is -0.661. The van der Waals surface area contributed by atoms with E-state index in [9.17, 15) is 14.4 Å². The van der Waals surface area contributed by atoms with Crippen molar-refractivity contribution in [1.29, 1.82) is 0 Å². The summed E-state index contributed by atoms with van der Waals surface area (Å²) < 4.78 is 0. The molecule has 0 unspecified atom stereocenters. The van der Waals surface area contributed by atoms with Crippen LogP contribution in [-0.4, -0.2) is 40.8 Å². The molecule has 5 rings (SSSR count). The maximum Gasteiger partial charge on any atom is 0.251 e. The molecule has 1 atom stereocenters. The average Bonchev–Trinajstić information content (AvgIpc) is 3.31. The lowest BCUT2D eigenvalue weighted by atomic mass is 10.0. The van der Waals surface area contributed by atoms with Crippen molar-refractivity contribution in [2.45, 2.75) is 58.2 Å². The van der Waals surface area contributed by atoms with Crippen LogP contribution in [-0.2, 0) is 22.6 Å². The van der Waals surface area contributed by atoms with Gasteiger partial charge in [-0.05, 0) is 75.1 Å². The smallest absolute Gasteiger partial charge is 0.251 e. The Morgan fingerprint density at radius 3 is 2.59 bits per heavy atom. The predicted octanol–water partition coefficient (Wildman–Crippen LogP) is 4.68. The molecule has 3 aromatic carbocycles. The molecule has 41 heavy (non-hydrogen) atoms. The summed E-state index contributed by atoms with van der Waals surface area (Å²) in [7, 11) is 0. The molecule has 212 valence electrons. The van der Waals surface area contributed by atoms with Crippen molar-refractivity contribution in [3.8, 4) is 11.3 Å². The lowest BCUT2D eigenvalue weighted by molar-refractivity contribution is -0.128. The molecule has 1 aliphatic rings. The van der Waals surface area contributed by atoms with Crippen LogP contribution in [0, 0.1) is 0 Å². The van der Waals surface area contributed by atoms with Crippen LogP contribution in [0.4, 0.5) is 5.69 Å². The summed E-state index contributed by atoms with van der Waals surface area (Å²) in [5.41, 5.74) is 11.5. The molecule has 1 aromatic heterocycles. The number of benzene rings is 3. The third kappa shape index (κ3) is 6.33. The van der Waals surface area contributed by atoms with Crippen LogP contribution in [0.15, 0.2) is 72.8 Å². The molecule has 4 aromatic rings. The van der Waals surface area contributed by atoms with Gasteiger partial charge in [-0.15, -0.1) is 0 Å². The zero-order valence-electron chi connectivity index (χ0n) is 23.8. The van der Waals surface area contributed by atoms with Gasteiger partial charge in [0.15, 0.2) is 0 Å². The van der Waals surface area contributed by atoms with E-state index in [-0.39, 0.29) is 24.1 Å². The first-order valence-corrected chi connectivity index (χ1v) is 14.1. The monoisotopic (exact) mass is 551 g/mol. The van der Waals surface area contributed by atoms with Crippen molar-refractivity contribution in [2.75, 3.05) is 11.4 Å². The van der Waals surface area contributed by atoms with E-state index in [0.717, 1.165) is 39.0 Å². The second-order valence-corrected chi connectivity index (χ2v) is 11.4. The number of aryl methyl sites for hydroxylation is 1. The van der Waals surface area contributed by atoms with E-state index in [1.165, 1.54) is 0 Å². The Bertz CT molecular complexity index is 1600. The fourth-order valence-electron chi connectivity index (χ4n) is 5.45. The Labute approximate surface area is 240 Å². The zero-order valence-corrected chi connectivity index (χ0v) is 23.8. The molecule has 0 fully saturated rings. The van der Waals surface area contributed by atoms with E-state index < -0.39 is 11.6 Å². The van der Waals surface area contributed by atoms with Crippen molar-refractivity contribution >= 4 is 34.3 Å². The Morgan fingerprint density at radius 2 is 1.80 bits per heavy atom. The van der Waals surface area contributed by atoms with E-state index in [2.05, 4.69) is 21.7 Å². The first-order valence-electron chi connectivity index (χ1n) is 14.1. The molecule has 1 aliphatic heterocycles. The fraction of sp³-hybridized carbons (Fsp3) is 0.303. The molecule has 3 amide bonds. The number of nitrogens with one attached hydrogen (secondary N) is 3. The molecule has 0 spiro atoms. The van der Waals surface area contributed by atoms with Gasteiger partial charge in [-0.1, -0.05) is 42.5 Å². The summed E-state index contributed by atoms with van der Waals surface area (Å²) >= 11 is 0. The lowest BCUT2D eigenvalue weighted by Crippen LogP contribution is -2.49. The molecule has 0 bridgehead atoms. The molecule has 0 radical (unpaired) electrons. The van der Waals surface area contributed by atoms with Gasteiger partial charge >= 0.3 is 0 Å². The summed E-state index contributed by atoms with van der Waals surface area (Å²) in [4.78, 5) is 44.4. The van der Waals surface area contributed by atoms with Crippen LogP contribution in [0.2, 0.25) is 0 Å². The van der Waals surface area contributed by atoms with Gasteiger partial charge in [0.2, 0.25) is 11.8 Å². The maximum atomic E-state index is 13.9. The molecule has 2 heterocycles. The summed E-state index contributed by atoms with van der Waals surface area (Å²) in [6, 6.07) is 22.9. The van der Waals surface area contributed by atoms with E-state index in [1.54, 1.807) is 18.7 Å². The summed E-state index contributed by atoms with van der Waals surface area (Å²) in [6.45, 7) is 6.40. The Kier molecular flexibility index (Phi) is 7.94. The second kappa shape index (κ2) is 11.6. The number of carbonyl (C=O) groups is 3. The van der Waals surface area contributed by atoms with Crippen LogP contribution < -0.4 is 21.3 Å². The highest BCUT2D eigenvalue weighted by Crippen LogP contribution is 2.31. The SMILES string of the molecule is CCNC(=O)c1ccccc1-c1cc2cc(CN3C(=O)[C@H](NC(=O)CC(C)(C)N)CCc4ccccc43)ccc2[nH]1. The predicted molar refractivity (Wildman–Crippen MR) is 163 cm³/mol. The van der Waals surface area contributed by atoms with Gasteiger partial charge in [-0.25, -0.2) is 0 Å². The number of aromatic nitrogens is 1. The number of carbonyl (C=O) groups excluding carboxylic acids is 3. The molecule has 0 saturated heterocycles. The van der Waals surface area contributed by atoms with E-state index in [4.69, 9.17) is 5.73 Å². The minimum Gasteiger partial charge on any atom is -0.355 e. The minimum absolute atomic E-state index is 0.113. The van der Waals surface area contributed by atoms with Crippen LogP contribution >= 0.6 is 0 Å². The van der Waals surface area contributed by atoms with Gasteiger partial charge in [0.25, 0.3) is 5.91 Å². The summed E-state index contributed by atoms with van der Waals surface area (Å²) in [5.74, 6) is -0.475. The van der Waals surface area contributed by atoms with Gasteiger partial charge in [-0.3, -0.25) is 14.4 Å². The van der Waals surface area contributed by atoms with Gasteiger partial charge in [0, 0.05) is 51.9 Å². The van der Waals surface area contributed by atoms with Crippen LogP contribution in [0.25, 0.3) is 22.2 Å². The molecule has 0 saturated carbocycles. The fourth-order valence-corrected chi connectivity index (χ4v) is 5.45. The second-order valence-electron chi connectivity index (χ2n) is 11.4. The number of fused-ring (bicyclic) bond motifs is 2. The quantitative estimate of drug-likeness (QED) is 0.254. The summed E-state index contributed by atoms with van der Waals surface area (Å²) in [6.07, 6.45) is 1.34.